The molecular weight excluding hydrogens is 405 g/mol. The van der Waals surface area contributed by atoms with Crippen molar-refractivity contribution < 1.29 is 9.31 Å². The van der Waals surface area contributed by atoms with E-state index in [1.54, 1.807) is 60.1 Å². The van der Waals surface area contributed by atoms with E-state index in [0.29, 0.717) is 21.8 Å². The standard InChI is InChI=1S/C21H14FN5O2S/c22-17-9-2-1-8-16(17)20-14-30-21(25-18-10-3-4-11-19(18)27(28)29)26(20)24-13-15-7-5-6-12-23-15/h1-14H. The number of nitrogens with zero attached hydrogens (tertiary/aromatic N) is 5. The Labute approximate surface area is 174 Å². The van der Waals surface area contributed by atoms with Crippen LogP contribution >= 0.6 is 11.3 Å². The fraction of sp³-hybridized carbons (Fsp3) is 0. The van der Waals surface area contributed by atoms with Crippen molar-refractivity contribution in [2.24, 2.45) is 10.1 Å². The highest BCUT2D eigenvalue weighted by atomic mass is 32.1. The van der Waals surface area contributed by atoms with Gasteiger partial charge >= 0.3 is 0 Å². The Balaban J connectivity index is 1.91. The molecule has 0 aliphatic rings. The summed E-state index contributed by atoms with van der Waals surface area (Å²) in [6.07, 6.45) is 3.16. The molecule has 0 spiro atoms. The van der Waals surface area contributed by atoms with E-state index >= 15 is 0 Å². The lowest BCUT2D eigenvalue weighted by atomic mass is 10.1. The van der Waals surface area contributed by atoms with Crippen LogP contribution in [0.3, 0.4) is 0 Å². The van der Waals surface area contributed by atoms with Gasteiger partial charge in [0.1, 0.15) is 11.5 Å². The van der Waals surface area contributed by atoms with Crippen molar-refractivity contribution in [1.29, 1.82) is 0 Å². The van der Waals surface area contributed by atoms with Crippen LogP contribution in [0.25, 0.3) is 11.3 Å². The summed E-state index contributed by atoms with van der Waals surface area (Å²) in [6, 6.07) is 17.9. The first-order valence-electron chi connectivity index (χ1n) is 8.82. The van der Waals surface area contributed by atoms with Crippen molar-refractivity contribution in [3.05, 3.63) is 105 Å². The maximum absolute atomic E-state index is 14.4. The molecule has 0 fully saturated rings. The van der Waals surface area contributed by atoms with E-state index in [-0.39, 0.29) is 11.4 Å². The van der Waals surface area contributed by atoms with Gasteiger partial charge in [0.05, 0.1) is 22.5 Å². The Morgan fingerprint density at radius 1 is 1.07 bits per heavy atom. The van der Waals surface area contributed by atoms with Gasteiger partial charge in [-0.15, -0.1) is 11.3 Å². The second kappa shape index (κ2) is 8.58. The van der Waals surface area contributed by atoms with Crippen LogP contribution in [0.15, 0.2) is 88.4 Å². The van der Waals surface area contributed by atoms with Gasteiger partial charge < -0.3 is 0 Å². The molecule has 0 saturated heterocycles. The van der Waals surface area contributed by atoms with Crippen LogP contribution in [0.4, 0.5) is 15.8 Å². The normalized spacial score (nSPS) is 11.8. The zero-order valence-corrected chi connectivity index (χ0v) is 16.2. The second-order valence-corrected chi connectivity index (χ2v) is 6.89. The third kappa shape index (κ3) is 4.06. The third-order valence-corrected chi connectivity index (χ3v) is 4.94. The summed E-state index contributed by atoms with van der Waals surface area (Å²) in [7, 11) is 0. The van der Waals surface area contributed by atoms with E-state index < -0.39 is 10.7 Å². The molecule has 0 bridgehead atoms. The molecule has 4 aromatic rings. The molecule has 30 heavy (non-hydrogen) atoms. The largest absolute Gasteiger partial charge is 0.294 e. The number of halogens is 1. The van der Waals surface area contributed by atoms with E-state index in [1.807, 2.05) is 6.07 Å². The number of nitro groups is 1. The van der Waals surface area contributed by atoms with Crippen LogP contribution < -0.4 is 4.80 Å². The molecule has 7 nitrogen and oxygen atoms in total. The topological polar surface area (TPSA) is 85.7 Å². The molecule has 0 aliphatic carbocycles. The van der Waals surface area contributed by atoms with E-state index in [9.17, 15) is 14.5 Å². The predicted molar refractivity (Wildman–Crippen MR) is 113 cm³/mol. The van der Waals surface area contributed by atoms with Crippen molar-refractivity contribution in [1.82, 2.24) is 9.66 Å². The second-order valence-electron chi connectivity index (χ2n) is 6.05. The van der Waals surface area contributed by atoms with Crippen LogP contribution in [-0.4, -0.2) is 20.8 Å². The highest BCUT2D eigenvalue weighted by molar-refractivity contribution is 7.07. The Morgan fingerprint density at radius 2 is 1.83 bits per heavy atom. The van der Waals surface area contributed by atoms with E-state index in [1.165, 1.54) is 34.4 Å². The van der Waals surface area contributed by atoms with Gasteiger partial charge in [0, 0.05) is 23.2 Å². The number of hydrogen-bond acceptors (Lipinski definition) is 6. The number of nitro benzene ring substituents is 1. The first-order valence-corrected chi connectivity index (χ1v) is 9.70. The zero-order chi connectivity index (χ0) is 20.9. The number of aromatic nitrogens is 2. The monoisotopic (exact) mass is 419 g/mol. The SMILES string of the molecule is O=[N+]([O-])c1ccccc1N=c1scc(-c2ccccc2F)n1N=Cc1ccccn1. The van der Waals surface area contributed by atoms with Gasteiger partial charge in [0.25, 0.3) is 5.69 Å². The lowest BCUT2D eigenvalue weighted by Gasteiger charge is -2.04. The minimum atomic E-state index is -0.494. The van der Waals surface area contributed by atoms with Gasteiger partial charge in [0.2, 0.25) is 4.80 Å². The molecule has 0 unspecified atom stereocenters. The van der Waals surface area contributed by atoms with Crippen LogP contribution in [0.5, 0.6) is 0 Å². The number of rotatable bonds is 5. The van der Waals surface area contributed by atoms with Crippen molar-refractivity contribution in [2.45, 2.75) is 0 Å². The summed E-state index contributed by atoms with van der Waals surface area (Å²) in [4.78, 5) is 19.8. The minimum Gasteiger partial charge on any atom is -0.258 e. The molecule has 0 amide bonds. The number of thiazole rings is 1. The summed E-state index contributed by atoms with van der Waals surface area (Å²) in [6.45, 7) is 0. The number of hydrogen-bond donors (Lipinski definition) is 0. The van der Waals surface area contributed by atoms with E-state index in [4.69, 9.17) is 0 Å². The van der Waals surface area contributed by atoms with Crippen molar-refractivity contribution >= 4 is 28.9 Å². The number of pyridine rings is 1. The first-order chi connectivity index (χ1) is 14.6. The Morgan fingerprint density at radius 3 is 2.60 bits per heavy atom. The van der Waals surface area contributed by atoms with Gasteiger partial charge in [-0.2, -0.15) is 5.10 Å². The molecule has 0 atom stereocenters. The maximum Gasteiger partial charge on any atom is 0.294 e. The molecule has 0 N–H and O–H groups in total. The molecule has 2 aromatic heterocycles. The van der Waals surface area contributed by atoms with Gasteiger partial charge in [-0.25, -0.2) is 14.1 Å². The van der Waals surface area contributed by atoms with E-state index in [0.717, 1.165) is 0 Å². The Kier molecular flexibility index (Phi) is 5.53. The maximum atomic E-state index is 14.4. The van der Waals surface area contributed by atoms with Crippen molar-refractivity contribution in [3.8, 4) is 11.3 Å². The Bertz CT molecular complexity index is 1300. The van der Waals surface area contributed by atoms with Gasteiger partial charge in [-0.05, 0) is 30.3 Å². The fourth-order valence-corrected chi connectivity index (χ4v) is 3.57. The molecule has 2 heterocycles. The average Bonchev–Trinajstić information content (AvgIpc) is 3.15. The van der Waals surface area contributed by atoms with Crippen molar-refractivity contribution in [2.75, 3.05) is 0 Å². The molecule has 9 heteroatoms. The van der Waals surface area contributed by atoms with Crippen molar-refractivity contribution in [3.63, 3.8) is 0 Å². The lowest BCUT2D eigenvalue weighted by molar-refractivity contribution is -0.384. The van der Waals surface area contributed by atoms with Crippen LogP contribution in [0, 0.1) is 15.9 Å². The number of benzene rings is 2. The highest BCUT2D eigenvalue weighted by Gasteiger charge is 2.15. The fourth-order valence-electron chi connectivity index (χ4n) is 2.73. The Hall–Kier alpha value is -3.98. The highest BCUT2D eigenvalue weighted by Crippen LogP contribution is 2.27. The average molecular weight is 419 g/mol. The smallest absolute Gasteiger partial charge is 0.258 e. The van der Waals surface area contributed by atoms with Gasteiger partial charge in [-0.1, -0.05) is 30.3 Å². The van der Waals surface area contributed by atoms with Gasteiger partial charge in [0.15, 0.2) is 0 Å². The third-order valence-electron chi connectivity index (χ3n) is 4.12. The molecule has 148 valence electrons. The van der Waals surface area contributed by atoms with Crippen LogP contribution in [0.1, 0.15) is 5.69 Å². The predicted octanol–water partition coefficient (Wildman–Crippen LogP) is 4.77. The zero-order valence-electron chi connectivity index (χ0n) is 15.4. The number of para-hydroxylation sites is 2. The quantitative estimate of drug-likeness (QED) is 0.265. The van der Waals surface area contributed by atoms with Crippen LogP contribution in [-0.2, 0) is 0 Å². The minimum absolute atomic E-state index is 0.126. The molecule has 2 aromatic carbocycles. The summed E-state index contributed by atoms with van der Waals surface area (Å²) in [5, 5.41) is 17.5. The molecule has 4 rings (SSSR count). The molecule has 0 saturated carbocycles. The first kappa shape index (κ1) is 19.3. The summed E-state index contributed by atoms with van der Waals surface area (Å²) in [5.41, 5.74) is 1.48. The molecule has 0 aliphatic heterocycles. The van der Waals surface area contributed by atoms with Crippen LogP contribution in [0.2, 0.25) is 0 Å². The summed E-state index contributed by atoms with van der Waals surface area (Å²) >= 11 is 1.20. The lowest BCUT2D eigenvalue weighted by Crippen LogP contribution is -2.12. The summed E-state index contributed by atoms with van der Waals surface area (Å²) < 4.78 is 15.9. The molecular formula is C21H14FN5O2S. The van der Waals surface area contributed by atoms with Gasteiger partial charge in [-0.3, -0.25) is 15.1 Å². The molecule has 0 radical (unpaired) electrons. The summed E-state index contributed by atoms with van der Waals surface area (Å²) in [5.74, 6) is -0.408. The van der Waals surface area contributed by atoms with E-state index in [2.05, 4.69) is 15.1 Å².